The SMILES string of the molecule is CCNCc1c(Cl)cccc1N(C)Cc1cccs1. The molecule has 0 unspecified atom stereocenters. The van der Waals surface area contributed by atoms with Crippen LogP contribution < -0.4 is 10.2 Å². The van der Waals surface area contributed by atoms with E-state index in [2.05, 4.69) is 47.8 Å². The van der Waals surface area contributed by atoms with Crippen molar-refractivity contribution in [3.05, 3.63) is 51.2 Å². The first-order valence-corrected chi connectivity index (χ1v) is 7.69. The van der Waals surface area contributed by atoms with Crippen LogP contribution in [0.2, 0.25) is 5.02 Å². The summed E-state index contributed by atoms with van der Waals surface area (Å²) in [7, 11) is 2.11. The van der Waals surface area contributed by atoms with E-state index >= 15 is 0 Å². The van der Waals surface area contributed by atoms with Crippen molar-refractivity contribution in [2.45, 2.75) is 20.0 Å². The van der Waals surface area contributed by atoms with Crippen LogP contribution in [0.15, 0.2) is 35.7 Å². The molecule has 1 aromatic heterocycles. The lowest BCUT2D eigenvalue weighted by molar-refractivity contribution is 0.723. The first-order valence-electron chi connectivity index (χ1n) is 6.44. The highest BCUT2D eigenvalue weighted by atomic mass is 35.5. The van der Waals surface area contributed by atoms with Crippen LogP contribution in [-0.4, -0.2) is 13.6 Å². The summed E-state index contributed by atoms with van der Waals surface area (Å²) in [5, 5.41) is 6.29. The minimum atomic E-state index is 0.806. The van der Waals surface area contributed by atoms with Gasteiger partial charge in [0.1, 0.15) is 0 Å². The number of benzene rings is 1. The van der Waals surface area contributed by atoms with Gasteiger partial charge in [-0.1, -0.05) is 30.7 Å². The molecule has 0 spiro atoms. The molecular weight excluding hydrogens is 276 g/mol. The van der Waals surface area contributed by atoms with Gasteiger partial charge in [0.05, 0.1) is 6.54 Å². The average Bonchev–Trinajstić information content (AvgIpc) is 2.90. The zero-order valence-electron chi connectivity index (χ0n) is 11.3. The Morgan fingerprint density at radius 1 is 1.26 bits per heavy atom. The summed E-state index contributed by atoms with van der Waals surface area (Å²) in [6, 6.07) is 10.3. The summed E-state index contributed by atoms with van der Waals surface area (Å²) in [4.78, 5) is 3.61. The van der Waals surface area contributed by atoms with Crippen molar-refractivity contribution in [2.75, 3.05) is 18.5 Å². The molecule has 4 heteroatoms. The van der Waals surface area contributed by atoms with E-state index in [-0.39, 0.29) is 0 Å². The largest absolute Gasteiger partial charge is 0.369 e. The monoisotopic (exact) mass is 294 g/mol. The predicted molar refractivity (Wildman–Crippen MR) is 85.3 cm³/mol. The van der Waals surface area contributed by atoms with Crippen molar-refractivity contribution < 1.29 is 0 Å². The number of anilines is 1. The molecule has 1 heterocycles. The molecule has 0 aliphatic rings. The van der Waals surface area contributed by atoms with Crippen molar-refractivity contribution in [3.8, 4) is 0 Å². The van der Waals surface area contributed by atoms with E-state index in [4.69, 9.17) is 11.6 Å². The summed E-state index contributed by atoms with van der Waals surface area (Å²) in [5.41, 5.74) is 2.37. The number of thiophene rings is 1. The van der Waals surface area contributed by atoms with Gasteiger partial charge < -0.3 is 10.2 Å². The molecule has 0 amide bonds. The van der Waals surface area contributed by atoms with Gasteiger partial charge in [0.2, 0.25) is 0 Å². The van der Waals surface area contributed by atoms with Crippen LogP contribution >= 0.6 is 22.9 Å². The van der Waals surface area contributed by atoms with Gasteiger partial charge in [-0.2, -0.15) is 0 Å². The lowest BCUT2D eigenvalue weighted by atomic mass is 10.1. The van der Waals surface area contributed by atoms with Gasteiger partial charge in [-0.15, -0.1) is 11.3 Å². The van der Waals surface area contributed by atoms with Gasteiger partial charge in [0.25, 0.3) is 0 Å². The van der Waals surface area contributed by atoms with E-state index in [0.717, 1.165) is 24.7 Å². The zero-order chi connectivity index (χ0) is 13.7. The number of halogens is 1. The minimum absolute atomic E-state index is 0.806. The molecule has 19 heavy (non-hydrogen) atoms. The van der Waals surface area contributed by atoms with Crippen LogP contribution in [-0.2, 0) is 13.1 Å². The molecule has 0 aliphatic heterocycles. The van der Waals surface area contributed by atoms with Crippen molar-refractivity contribution >= 4 is 28.6 Å². The van der Waals surface area contributed by atoms with Crippen LogP contribution in [0.4, 0.5) is 5.69 Å². The van der Waals surface area contributed by atoms with E-state index in [1.165, 1.54) is 16.1 Å². The Hall–Kier alpha value is -1.03. The number of nitrogens with zero attached hydrogens (tertiary/aromatic N) is 1. The number of rotatable bonds is 6. The third-order valence-electron chi connectivity index (χ3n) is 3.03. The Morgan fingerprint density at radius 3 is 2.79 bits per heavy atom. The quantitative estimate of drug-likeness (QED) is 0.861. The Bertz CT molecular complexity index is 511. The van der Waals surface area contributed by atoms with Crippen LogP contribution in [0.3, 0.4) is 0 Å². The lowest BCUT2D eigenvalue weighted by Crippen LogP contribution is -2.20. The van der Waals surface area contributed by atoms with Crippen molar-refractivity contribution in [2.24, 2.45) is 0 Å². The molecule has 0 atom stereocenters. The summed E-state index contributed by atoms with van der Waals surface area (Å²) >= 11 is 8.11. The number of hydrogen-bond donors (Lipinski definition) is 1. The molecule has 0 bridgehead atoms. The van der Waals surface area contributed by atoms with Crippen molar-refractivity contribution in [1.29, 1.82) is 0 Å². The molecule has 1 N–H and O–H groups in total. The van der Waals surface area contributed by atoms with Crippen LogP contribution in [0, 0.1) is 0 Å². The summed E-state index contributed by atoms with van der Waals surface area (Å²) in [5.74, 6) is 0. The highest BCUT2D eigenvalue weighted by molar-refractivity contribution is 7.09. The highest BCUT2D eigenvalue weighted by Crippen LogP contribution is 2.28. The average molecular weight is 295 g/mol. The first kappa shape index (κ1) is 14.4. The maximum absolute atomic E-state index is 6.33. The van der Waals surface area contributed by atoms with Gasteiger partial charge in [-0.3, -0.25) is 0 Å². The number of nitrogens with one attached hydrogen (secondary N) is 1. The number of hydrogen-bond acceptors (Lipinski definition) is 3. The fourth-order valence-electron chi connectivity index (χ4n) is 2.05. The van der Waals surface area contributed by atoms with Crippen LogP contribution in [0.25, 0.3) is 0 Å². The van der Waals surface area contributed by atoms with Crippen LogP contribution in [0.5, 0.6) is 0 Å². The van der Waals surface area contributed by atoms with E-state index in [1.54, 1.807) is 11.3 Å². The molecule has 0 radical (unpaired) electrons. The summed E-state index contributed by atoms with van der Waals surface area (Å²) in [6.45, 7) is 4.77. The maximum Gasteiger partial charge on any atom is 0.0519 e. The maximum atomic E-state index is 6.33. The van der Waals surface area contributed by atoms with E-state index in [1.807, 2.05) is 12.1 Å². The fourth-order valence-corrected chi connectivity index (χ4v) is 3.04. The second-order valence-corrected chi connectivity index (χ2v) is 5.89. The normalized spacial score (nSPS) is 10.7. The Morgan fingerprint density at radius 2 is 2.11 bits per heavy atom. The third kappa shape index (κ3) is 3.72. The fraction of sp³-hybridized carbons (Fsp3) is 0.333. The zero-order valence-corrected chi connectivity index (χ0v) is 12.9. The van der Waals surface area contributed by atoms with E-state index in [9.17, 15) is 0 Å². The smallest absolute Gasteiger partial charge is 0.0519 e. The minimum Gasteiger partial charge on any atom is -0.369 e. The van der Waals surface area contributed by atoms with Gasteiger partial charge in [0, 0.05) is 34.7 Å². The van der Waals surface area contributed by atoms with Crippen molar-refractivity contribution in [3.63, 3.8) is 0 Å². The molecule has 102 valence electrons. The molecule has 1 aromatic carbocycles. The van der Waals surface area contributed by atoms with Crippen molar-refractivity contribution in [1.82, 2.24) is 5.32 Å². The Labute approximate surface area is 124 Å². The highest BCUT2D eigenvalue weighted by Gasteiger charge is 2.11. The van der Waals surface area contributed by atoms with Gasteiger partial charge in [-0.25, -0.2) is 0 Å². The van der Waals surface area contributed by atoms with Gasteiger partial charge in [-0.05, 0) is 30.1 Å². The van der Waals surface area contributed by atoms with Gasteiger partial charge in [0.15, 0.2) is 0 Å². The summed E-state index contributed by atoms with van der Waals surface area (Å²) in [6.07, 6.45) is 0. The molecule has 0 aliphatic carbocycles. The molecule has 0 saturated heterocycles. The van der Waals surface area contributed by atoms with Crippen LogP contribution in [0.1, 0.15) is 17.4 Å². The molecule has 0 fully saturated rings. The predicted octanol–water partition coefficient (Wildman–Crippen LogP) is 4.15. The molecule has 2 aromatic rings. The second kappa shape index (κ2) is 6.94. The molecule has 2 nitrogen and oxygen atoms in total. The Kier molecular flexibility index (Phi) is 5.25. The lowest BCUT2D eigenvalue weighted by Gasteiger charge is -2.23. The molecule has 2 rings (SSSR count). The summed E-state index contributed by atoms with van der Waals surface area (Å²) < 4.78 is 0. The third-order valence-corrected chi connectivity index (χ3v) is 4.25. The van der Waals surface area contributed by atoms with Gasteiger partial charge >= 0.3 is 0 Å². The molecule has 0 saturated carbocycles. The Balaban J connectivity index is 2.20. The second-order valence-electron chi connectivity index (χ2n) is 4.45. The standard InChI is InChI=1S/C15H19ClN2S/c1-3-17-10-13-14(16)7-4-8-15(13)18(2)11-12-6-5-9-19-12/h4-9,17H,3,10-11H2,1-2H3. The van der Waals surface area contributed by atoms with E-state index in [0.29, 0.717) is 0 Å². The molecular formula is C15H19ClN2S. The topological polar surface area (TPSA) is 15.3 Å². The first-order chi connectivity index (χ1) is 9.22. The van der Waals surface area contributed by atoms with E-state index < -0.39 is 0 Å².